The molecule has 1 aromatic rings. The molecule has 1 fully saturated rings. The standard InChI is InChI=1S/C14H12N2O/c1-9-6-12(5-3-11(9)8-15)16-13-4-2-10(7-13)14(16)17/h2-6,10,13H,7H2,1H3/t10-,13+/m1/s1. The average molecular weight is 224 g/mol. The molecule has 0 N–H and O–H groups in total. The third-order valence-electron chi connectivity index (χ3n) is 3.56. The molecule has 0 unspecified atom stereocenters. The Kier molecular flexibility index (Phi) is 2.05. The van der Waals surface area contributed by atoms with E-state index < -0.39 is 0 Å². The zero-order valence-corrected chi connectivity index (χ0v) is 9.55. The van der Waals surface area contributed by atoms with Gasteiger partial charge in [0.15, 0.2) is 0 Å². The van der Waals surface area contributed by atoms with Gasteiger partial charge in [-0.25, -0.2) is 0 Å². The quantitative estimate of drug-likeness (QED) is 0.686. The number of carbonyl (C=O) groups is 1. The Hall–Kier alpha value is -2.08. The summed E-state index contributed by atoms with van der Waals surface area (Å²) >= 11 is 0. The predicted octanol–water partition coefficient (Wildman–Crippen LogP) is 2.16. The topological polar surface area (TPSA) is 44.1 Å². The first kappa shape index (κ1) is 10.1. The van der Waals surface area contributed by atoms with Gasteiger partial charge in [0.05, 0.1) is 23.6 Å². The number of hydrogen-bond acceptors (Lipinski definition) is 2. The minimum absolute atomic E-state index is 0.0657. The molecule has 17 heavy (non-hydrogen) atoms. The van der Waals surface area contributed by atoms with Crippen LogP contribution in [0, 0.1) is 24.2 Å². The van der Waals surface area contributed by atoms with Gasteiger partial charge in [-0.2, -0.15) is 5.26 Å². The van der Waals surface area contributed by atoms with Crippen LogP contribution in [0.25, 0.3) is 0 Å². The van der Waals surface area contributed by atoms with Crippen molar-refractivity contribution in [3.05, 3.63) is 41.5 Å². The number of amides is 1. The molecular weight excluding hydrogens is 212 g/mol. The first-order valence-corrected chi connectivity index (χ1v) is 5.73. The van der Waals surface area contributed by atoms with Gasteiger partial charge in [-0.15, -0.1) is 0 Å². The van der Waals surface area contributed by atoms with E-state index >= 15 is 0 Å². The Labute approximate surface area is 100.0 Å². The molecule has 2 atom stereocenters. The number of carbonyl (C=O) groups excluding carboxylic acids is 1. The number of anilines is 1. The lowest BCUT2D eigenvalue weighted by Gasteiger charge is -2.24. The first-order valence-electron chi connectivity index (χ1n) is 5.73. The number of aryl methyl sites for hydroxylation is 1. The highest BCUT2D eigenvalue weighted by atomic mass is 16.2. The maximum Gasteiger partial charge on any atom is 0.234 e. The van der Waals surface area contributed by atoms with Crippen LogP contribution in [0.3, 0.4) is 0 Å². The Morgan fingerprint density at radius 1 is 1.41 bits per heavy atom. The summed E-state index contributed by atoms with van der Waals surface area (Å²) in [7, 11) is 0. The molecule has 3 rings (SSSR count). The van der Waals surface area contributed by atoms with E-state index in [0.717, 1.165) is 17.7 Å². The summed E-state index contributed by atoms with van der Waals surface area (Å²) in [4.78, 5) is 13.9. The fourth-order valence-electron chi connectivity index (χ4n) is 2.64. The van der Waals surface area contributed by atoms with Crippen LogP contribution < -0.4 is 4.90 Å². The van der Waals surface area contributed by atoms with Crippen LogP contribution in [-0.4, -0.2) is 11.9 Å². The molecule has 0 radical (unpaired) electrons. The molecule has 1 amide bonds. The lowest BCUT2D eigenvalue weighted by atomic mass is 10.1. The Bertz CT molecular complexity index is 568. The molecule has 2 bridgehead atoms. The van der Waals surface area contributed by atoms with Crippen LogP contribution in [0.5, 0.6) is 0 Å². The van der Waals surface area contributed by atoms with Crippen molar-refractivity contribution in [1.29, 1.82) is 5.26 Å². The van der Waals surface area contributed by atoms with Gasteiger partial charge in [0, 0.05) is 5.69 Å². The van der Waals surface area contributed by atoms with Crippen LogP contribution in [0.15, 0.2) is 30.4 Å². The second-order valence-corrected chi connectivity index (χ2v) is 4.61. The highest BCUT2D eigenvalue weighted by molar-refractivity contribution is 6.01. The summed E-state index contributed by atoms with van der Waals surface area (Å²) in [5.41, 5.74) is 2.49. The van der Waals surface area contributed by atoms with Crippen LogP contribution in [0.1, 0.15) is 17.5 Å². The summed E-state index contributed by atoms with van der Waals surface area (Å²) in [6.07, 6.45) is 5.00. The summed E-state index contributed by atoms with van der Waals surface area (Å²) in [5, 5.41) is 8.89. The van der Waals surface area contributed by atoms with Crippen LogP contribution in [0.2, 0.25) is 0 Å². The SMILES string of the molecule is Cc1cc(N2C(=O)[C@@H]3C=C[C@H]2C3)ccc1C#N. The number of nitriles is 1. The molecule has 2 aliphatic rings. The highest BCUT2D eigenvalue weighted by Crippen LogP contribution is 2.36. The smallest absolute Gasteiger partial charge is 0.234 e. The fourth-order valence-corrected chi connectivity index (χ4v) is 2.64. The Balaban J connectivity index is 2.01. The monoisotopic (exact) mass is 224 g/mol. The Morgan fingerprint density at radius 2 is 2.24 bits per heavy atom. The number of rotatable bonds is 1. The molecule has 1 aliphatic carbocycles. The van der Waals surface area contributed by atoms with E-state index in [2.05, 4.69) is 12.1 Å². The molecule has 1 heterocycles. The number of fused-ring (bicyclic) bond motifs is 2. The van der Waals surface area contributed by atoms with Gasteiger partial charge < -0.3 is 4.90 Å². The zero-order valence-electron chi connectivity index (χ0n) is 9.55. The van der Waals surface area contributed by atoms with Gasteiger partial charge in [-0.1, -0.05) is 12.2 Å². The second-order valence-electron chi connectivity index (χ2n) is 4.61. The van der Waals surface area contributed by atoms with E-state index in [-0.39, 0.29) is 17.9 Å². The lowest BCUT2D eigenvalue weighted by Crippen LogP contribution is -2.34. The van der Waals surface area contributed by atoms with Gasteiger partial charge in [0.1, 0.15) is 0 Å². The molecule has 1 aromatic carbocycles. The predicted molar refractivity (Wildman–Crippen MR) is 64.4 cm³/mol. The molecule has 3 nitrogen and oxygen atoms in total. The van der Waals surface area contributed by atoms with Gasteiger partial charge in [0.2, 0.25) is 5.91 Å². The maximum atomic E-state index is 12.0. The summed E-state index contributed by atoms with van der Waals surface area (Å²) in [6, 6.07) is 7.92. The summed E-state index contributed by atoms with van der Waals surface area (Å²) in [5.74, 6) is 0.248. The van der Waals surface area contributed by atoms with Crippen molar-refractivity contribution in [2.75, 3.05) is 4.90 Å². The van der Waals surface area contributed by atoms with Gasteiger partial charge >= 0.3 is 0 Å². The van der Waals surface area contributed by atoms with Gasteiger partial charge in [-0.3, -0.25) is 4.79 Å². The molecule has 1 saturated heterocycles. The average Bonchev–Trinajstić information content (AvgIpc) is 2.89. The van der Waals surface area contributed by atoms with Crippen molar-refractivity contribution >= 4 is 11.6 Å². The molecule has 0 aromatic heterocycles. The highest BCUT2D eigenvalue weighted by Gasteiger charge is 2.41. The van der Waals surface area contributed by atoms with E-state index in [1.807, 2.05) is 30.0 Å². The van der Waals surface area contributed by atoms with Crippen LogP contribution >= 0.6 is 0 Å². The molecule has 84 valence electrons. The van der Waals surface area contributed by atoms with Crippen molar-refractivity contribution in [3.63, 3.8) is 0 Å². The lowest BCUT2D eigenvalue weighted by molar-refractivity contribution is -0.119. The van der Waals surface area contributed by atoms with E-state index in [1.165, 1.54) is 0 Å². The van der Waals surface area contributed by atoms with Crippen LogP contribution in [-0.2, 0) is 4.79 Å². The van der Waals surface area contributed by atoms with E-state index in [0.29, 0.717) is 5.56 Å². The maximum absolute atomic E-state index is 12.0. The van der Waals surface area contributed by atoms with Gasteiger partial charge in [-0.05, 0) is 37.1 Å². The molecule has 0 saturated carbocycles. The second kappa shape index (κ2) is 3.46. The molecular formula is C14H12N2O. The van der Waals surface area contributed by atoms with Crippen LogP contribution in [0.4, 0.5) is 5.69 Å². The third-order valence-corrected chi connectivity index (χ3v) is 3.56. The summed E-state index contributed by atoms with van der Waals surface area (Å²) < 4.78 is 0. The number of benzene rings is 1. The molecule has 0 spiro atoms. The Morgan fingerprint density at radius 3 is 2.82 bits per heavy atom. The van der Waals surface area contributed by atoms with Crippen molar-refractivity contribution in [2.24, 2.45) is 5.92 Å². The molecule has 3 heteroatoms. The minimum Gasteiger partial charge on any atom is -0.305 e. The first-order chi connectivity index (χ1) is 8.20. The van der Waals surface area contributed by atoms with Crippen molar-refractivity contribution < 1.29 is 4.79 Å². The minimum atomic E-state index is 0.0657. The van der Waals surface area contributed by atoms with E-state index in [1.54, 1.807) is 6.07 Å². The van der Waals surface area contributed by atoms with Crippen molar-refractivity contribution in [2.45, 2.75) is 19.4 Å². The number of nitrogens with zero attached hydrogens (tertiary/aromatic N) is 2. The van der Waals surface area contributed by atoms with Crippen molar-refractivity contribution in [3.8, 4) is 6.07 Å². The van der Waals surface area contributed by atoms with Gasteiger partial charge in [0.25, 0.3) is 0 Å². The largest absolute Gasteiger partial charge is 0.305 e. The normalized spacial score (nSPS) is 25.4. The zero-order chi connectivity index (χ0) is 12.0. The van der Waals surface area contributed by atoms with E-state index in [9.17, 15) is 4.79 Å². The van der Waals surface area contributed by atoms with E-state index in [4.69, 9.17) is 5.26 Å². The number of hydrogen-bond donors (Lipinski definition) is 0. The summed E-state index contributed by atoms with van der Waals surface area (Å²) in [6.45, 7) is 1.90. The van der Waals surface area contributed by atoms with Crippen molar-refractivity contribution in [1.82, 2.24) is 0 Å². The molecule has 1 aliphatic heterocycles. The third kappa shape index (κ3) is 1.38. The fraction of sp³-hybridized carbons (Fsp3) is 0.286.